The van der Waals surface area contributed by atoms with Crippen LogP contribution in [0.5, 0.6) is 5.75 Å². The molecule has 0 aliphatic carbocycles. The van der Waals surface area contributed by atoms with E-state index in [1.807, 2.05) is 0 Å². The number of carbonyl (C=O) groups excluding carboxylic acids is 6. The zero-order chi connectivity index (χ0) is 41.6. The summed E-state index contributed by atoms with van der Waals surface area (Å²) in [6.45, 7) is 3.61. The average molecular weight is 811 g/mol. The van der Waals surface area contributed by atoms with E-state index in [0.29, 0.717) is 32.0 Å². The first kappa shape index (κ1) is 46.4. The topological polar surface area (TPSA) is 284 Å². The Balaban J connectivity index is 1.20. The van der Waals surface area contributed by atoms with Gasteiger partial charge in [-0.1, -0.05) is 6.07 Å². The summed E-state index contributed by atoms with van der Waals surface area (Å²) in [6, 6.07) is 4.46. The number of esters is 1. The average Bonchev–Trinajstić information content (AvgIpc) is 3.49. The van der Waals surface area contributed by atoms with Crippen LogP contribution in [0.25, 0.3) is 0 Å². The van der Waals surface area contributed by atoms with Crippen LogP contribution in [-0.4, -0.2) is 159 Å². The number of carboxylic acid groups (broad SMARTS) is 1. The molecule has 1 saturated heterocycles. The van der Waals surface area contributed by atoms with Crippen LogP contribution in [0.4, 0.5) is 5.69 Å². The van der Waals surface area contributed by atoms with E-state index in [1.54, 1.807) is 6.07 Å². The van der Waals surface area contributed by atoms with E-state index in [-0.39, 0.29) is 102 Å². The molecule has 21 heteroatoms. The number of hydrogen-bond donors (Lipinski definition) is 6. The van der Waals surface area contributed by atoms with E-state index in [2.05, 4.69) is 16.0 Å². The molecule has 2 aliphatic rings. The Hall–Kier alpha value is -5.03. The Labute approximate surface area is 327 Å². The third-order valence-electron chi connectivity index (χ3n) is 7.99. The number of hydrogen-bond acceptors (Lipinski definition) is 16. The molecule has 0 spiro atoms. The SMILES string of the molecule is CC(=O)OCc1ccc(OC2CC(O)[C@H](O)C(C(=O)O)O2)c(NC(=O)CCNC(=O)CCOCCOCCOCCOCCNC(=O)CCN2C(=O)C=CC2=O)c1. The van der Waals surface area contributed by atoms with Gasteiger partial charge < -0.3 is 64.4 Å². The number of benzene rings is 1. The highest BCUT2D eigenvalue weighted by molar-refractivity contribution is 6.13. The van der Waals surface area contributed by atoms with Gasteiger partial charge >= 0.3 is 11.9 Å². The van der Waals surface area contributed by atoms with Gasteiger partial charge in [-0.2, -0.15) is 0 Å². The van der Waals surface area contributed by atoms with E-state index >= 15 is 0 Å². The van der Waals surface area contributed by atoms with Gasteiger partial charge in [0.05, 0.1) is 64.6 Å². The fourth-order valence-electron chi connectivity index (χ4n) is 5.07. The first-order valence-electron chi connectivity index (χ1n) is 18.2. The largest absolute Gasteiger partial charge is 0.479 e. The van der Waals surface area contributed by atoms with Crippen molar-refractivity contribution in [2.24, 2.45) is 0 Å². The number of anilines is 1. The van der Waals surface area contributed by atoms with Gasteiger partial charge in [-0.05, 0) is 17.7 Å². The molecule has 0 saturated carbocycles. The van der Waals surface area contributed by atoms with E-state index in [0.717, 1.165) is 4.90 Å². The molecule has 316 valence electrons. The second-order valence-corrected chi connectivity index (χ2v) is 12.5. The van der Waals surface area contributed by atoms with Crippen molar-refractivity contribution in [1.29, 1.82) is 0 Å². The van der Waals surface area contributed by atoms with Crippen LogP contribution in [0.1, 0.15) is 38.2 Å². The minimum absolute atomic E-state index is 0.000141. The molecule has 2 heterocycles. The number of aliphatic hydroxyl groups excluding tert-OH is 2. The number of aliphatic carboxylic acids is 1. The second kappa shape index (κ2) is 25.3. The van der Waals surface area contributed by atoms with Gasteiger partial charge in [0.25, 0.3) is 11.8 Å². The molecule has 5 amide bonds. The minimum atomic E-state index is -1.74. The summed E-state index contributed by atoms with van der Waals surface area (Å²) >= 11 is 0. The van der Waals surface area contributed by atoms with Crippen molar-refractivity contribution in [3.63, 3.8) is 0 Å². The summed E-state index contributed by atoms with van der Waals surface area (Å²) < 4.78 is 37.7. The molecule has 0 bridgehead atoms. The van der Waals surface area contributed by atoms with Crippen molar-refractivity contribution in [1.82, 2.24) is 15.5 Å². The zero-order valence-electron chi connectivity index (χ0n) is 31.5. The highest BCUT2D eigenvalue weighted by Crippen LogP contribution is 2.31. The van der Waals surface area contributed by atoms with Crippen LogP contribution in [0.15, 0.2) is 30.4 Å². The zero-order valence-corrected chi connectivity index (χ0v) is 31.5. The summed E-state index contributed by atoms with van der Waals surface area (Å²) in [5.74, 6) is -3.98. The standard InChI is InChI=1S/C36H50N4O17/c1-23(41)55-22-24-2-3-27(56-33-21-26(42)34(48)35(57-33)36(49)50)25(20-24)39-30(45)6-9-37-29(44)8-12-51-14-16-53-18-19-54-17-15-52-13-10-38-28(43)7-11-40-31(46)4-5-32(40)47/h2-5,20,26,33-35,42,48H,6-19,21-22H2,1H3,(H,37,44)(H,38,43)(H,39,45)(H,49,50)/t26?,33?,34-,35?/m0/s1. The lowest BCUT2D eigenvalue weighted by Gasteiger charge is -2.35. The van der Waals surface area contributed by atoms with Gasteiger partial charge in [0, 0.05) is 64.4 Å². The van der Waals surface area contributed by atoms with Crippen LogP contribution >= 0.6 is 0 Å². The molecule has 1 fully saturated rings. The van der Waals surface area contributed by atoms with Gasteiger partial charge in [0.1, 0.15) is 18.5 Å². The lowest BCUT2D eigenvalue weighted by atomic mass is 10.0. The number of carbonyl (C=O) groups is 7. The number of nitrogens with zero attached hydrogens (tertiary/aromatic N) is 1. The van der Waals surface area contributed by atoms with Gasteiger partial charge in [-0.3, -0.25) is 33.7 Å². The number of nitrogens with one attached hydrogen (secondary N) is 3. The lowest BCUT2D eigenvalue weighted by molar-refractivity contribution is -0.228. The quantitative estimate of drug-likeness (QED) is 0.0331. The number of carboxylic acids is 1. The summed E-state index contributed by atoms with van der Waals surface area (Å²) in [5.41, 5.74) is 0.622. The van der Waals surface area contributed by atoms with Gasteiger partial charge in [0.2, 0.25) is 24.0 Å². The monoisotopic (exact) mass is 810 g/mol. The maximum absolute atomic E-state index is 12.8. The van der Waals surface area contributed by atoms with E-state index in [4.69, 9.17) is 33.2 Å². The fraction of sp³-hybridized carbons (Fsp3) is 0.583. The molecular weight excluding hydrogens is 760 g/mol. The van der Waals surface area contributed by atoms with E-state index in [1.165, 1.54) is 31.2 Å². The summed E-state index contributed by atoms with van der Waals surface area (Å²) in [7, 11) is 0. The summed E-state index contributed by atoms with van der Waals surface area (Å²) in [4.78, 5) is 83.5. The van der Waals surface area contributed by atoms with Crippen LogP contribution in [0.3, 0.4) is 0 Å². The van der Waals surface area contributed by atoms with Crippen LogP contribution in [0, 0.1) is 0 Å². The van der Waals surface area contributed by atoms with E-state index < -0.39 is 54.3 Å². The number of ether oxygens (including phenoxy) is 7. The smallest absolute Gasteiger partial charge is 0.335 e. The molecule has 2 aliphatic heterocycles. The molecule has 3 rings (SSSR count). The first-order chi connectivity index (χ1) is 27.3. The highest BCUT2D eigenvalue weighted by atomic mass is 16.7. The van der Waals surface area contributed by atoms with Crippen LogP contribution < -0.4 is 20.7 Å². The van der Waals surface area contributed by atoms with Crippen molar-refractivity contribution < 1.29 is 82.0 Å². The molecule has 1 aromatic rings. The fourth-order valence-corrected chi connectivity index (χ4v) is 5.07. The first-order valence-corrected chi connectivity index (χ1v) is 18.2. The highest BCUT2D eigenvalue weighted by Gasteiger charge is 2.42. The normalized spacial score (nSPS) is 19.0. The third-order valence-corrected chi connectivity index (χ3v) is 7.99. The molecule has 4 atom stereocenters. The van der Waals surface area contributed by atoms with Crippen molar-refractivity contribution in [3.05, 3.63) is 35.9 Å². The molecule has 6 N–H and O–H groups in total. The maximum Gasteiger partial charge on any atom is 0.335 e. The Morgan fingerprint density at radius 2 is 1.39 bits per heavy atom. The lowest BCUT2D eigenvalue weighted by Crippen LogP contribution is -2.53. The van der Waals surface area contributed by atoms with Crippen molar-refractivity contribution >= 4 is 47.2 Å². The molecular formula is C36H50N4O17. The van der Waals surface area contributed by atoms with Gasteiger partial charge in [-0.15, -0.1) is 0 Å². The number of amides is 5. The van der Waals surface area contributed by atoms with Crippen molar-refractivity contribution in [3.8, 4) is 5.75 Å². The number of imide groups is 1. The minimum Gasteiger partial charge on any atom is -0.479 e. The van der Waals surface area contributed by atoms with Crippen molar-refractivity contribution in [2.45, 2.75) is 63.8 Å². The molecule has 21 nitrogen and oxygen atoms in total. The molecule has 57 heavy (non-hydrogen) atoms. The maximum atomic E-state index is 12.8. The second-order valence-electron chi connectivity index (χ2n) is 12.5. The third kappa shape index (κ3) is 17.8. The Morgan fingerprint density at radius 1 is 0.789 bits per heavy atom. The molecule has 1 aromatic carbocycles. The summed E-state index contributed by atoms with van der Waals surface area (Å²) in [5, 5.41) is 37.3. The van der Waals surface area contributed by atoms with Gasteiger partial charge in [-0.25, -0.2) is 4.79 Å². The van der Waals surface area contributed by atoms with Crippen LogP contribution in [-0.2, 0) is 68.6 Å². The Bertz CT molecular complexity index is 1540. The predicted molar refractivity (Wildman–Crippen MR) is 193 cm³/mol. The van der Waals surface area contributed by atoms with E-state index in [9.17, 15) is 48.9 Å². The number of rotatable bonds is 27. The Kier molecular flexibility index (Phi) is 20.5. The number of aliphatic hydroxyl groups is 2. The van der Waals surface area contributed by atoms with Gasteiger partial charge in [0.15, 0.2) is 6.10 Å². The van der Waals surface area contributed by atoms with Crippen molar-refractivity contribution in [2.75, 3.05) is 77.8 Å². The summed E-state index contributed by atoms with van der Waals surface area (Å²) in [6.07, 6.45) is -4.12. The molecule has 3 unspecified atom stereocenters. The molecule has 0 radical (unpaired) electrons. The Morgan fingerprint density at radius 3 is 2.02 bits per heavy atom. The molecule has 0 aromatic heterocycles. The predicted octanol–water partition coefficient (Wildman–Crippen LogP) is -1.62. The van der Waals surface area contributed by atoms with Crippen LogP contribution in [0.2, 0.25) is 0 Å².